The lowest BCUT2D eigenvalue weighted by molar-refractivity contribution is 0.0364. The van der Waals surface area contributed by atoms with Crippen LogP contribution in [0.15, 0.2) is 0 Å². The molecule has 0 aromatic rings. The summed E-state index contributed by atoms with van der Waals surface area (Å²) in [5.74, 6) is 0.848. The third kappa shape index (κ3) is 5.83. The molecule has 1 aliphatic rings. The topological polar surface area (TPSA) is 21.7 Å². The average Bonchev–Trinajstić information content (AvgIpc) is 2.35. The number of rotatable bonds is 8. The van der Waals surface area contributed by atoms with Gasteiger partial charge in [-0.2, -0.15) is 0 Å². The number of hydrogen-bond donors (Lipinski definition) is 0. The molecule has 1 saturated heterocycles. The van der Waals surface area contributed by atoms with E-state index in [4.69, 9.17) is 9.47 Å². The van der Waals surface area contributed by atoms with E-state index >= 15 is 0 Å². The van der Waals surface area contributed by atoms with E-state index in [0.29, 0.717) is 0 Å². The van der Waals surface area contributed by atoms with Crippen LogP contribution in [0.1, 0.15) is 32.6 Å². The maximum atomic E-state index is 5.34. The first-order chi connectivity index (χ1) is 7.86. The van der Waals surface area contributed by atoms with Crippen molar-refractivity contribution in [1.29, 1.82) is 0 Å². The number of methoxy groups -OCH3 is 1. The van der Waals surface area contributed by atoms with Crippen LogP contribution in [0.3, 0.4) is 0 Å². The third-order valence-electron chi connectivity index (χ3n) is 3.50. The van der Waals surface area contributed by atoms with Crippen molar-refractivity contribution in [2.75, 3.05) is 46.6 Å². The van der Waals surface area contributed by atoms with E-state index in [2.05, 4.69) is 11.8 Å². The zero-order chi connectivity index (χ0) is 11.6. The molecular weight excluding hydrogens is 202 g/mol. The molecule has 1 aliphatic heterocycles. The smallest absolute Gasteiger partial charge is 0.0594 e. The van der Waals surface area contributed by atoms with Crippen LogP contribution >= 0.6 is 0 Å². The highest BCUT2D eigenvalue weighted by molar-refractivity contribution is 4.64. The quantitative estimate of drug-likeness (QED) is 0.636. The molecule has 0 saturated carbocycles. The van der Waals surface area contributed by atoms with E-state index in [1.807, 2.05) is 0 Å². The third-order valence-corrected chi connectivity index (χ3v) is 3.50. The van der Waals surface area contributed by atoms with Crippen molar-refractivity contribution in [3.05, 3.63) is 0 Å². The first-order valence-electron chi connectivity index (χ1n) is 6.65. The minimum Gasteiger partial charge on any atom is -0.385 e. The molecule has 0 radical (unpaired) electrons. The molecule has 0 N–H and O–H groups in total. The Kier molecular flexibility index (Phi) is 7.81. The van der Waals surface area contributed by atoms with E-state index in [1.54, 1.807) is 7.11 Å². The Morgan fingerprint density at radius 1 is 1.25 bits per heavy atom. The van der Waals surface area contributed by atoms with Gasteiger partial charge in [0.2, 0.25) is 0 Å². The van der Waals surface area contributed by atoms with Gasteiger partial charge < -0.3 is 9.47 Å². The second kappa shape index (κ2) is 8.97. The van der Waals surface area contributed by atoms with Gasteiger partial charge in [-0.05, 0) is 31.7 Å². The van der Waals surface area contributed by atoms with Crippen LogP contribution in [0.25, 0.3) is 0 Å². The molecule has 3 nitrogen and oxygen atoms in total. The van der Waals surface area contributed by atoms with E-state index in [-0.39, 0.29) is 0 Å². The van der Waals surface area contributed by atoms with E-state index in [9.17, 15) is 0 Å². The Hall–Kier alpha value is -0.120. The van der Waals surface area contributed by atoms with Gasteiger partial charge in [0.1, 0.15) is 0 Å². The number of nitrogens with zero attached hydrogens (tertiary/aromatic N) is 1. The van der Waals surface area contributed by atoms with Gasteiger partial charge in [-0.25, -0.2) is 0 Å². The summed E-state index contributed by atoms with van der Waals surface area (Å²) in [5, 5.41) is 0. The van der Waals surface area contributed by atoms with E-state index < -0.39 is 0 Å². The van der Waals surface area contributed by atoms with E-state index in [0.717, 1.165) is 38.8 Å². The molecule has 1 heterocycles. The Morgan fingerprint density at radius 2 is 2.00 bits per heavy atom. The molecule has 0 aromatic carbocycles. The van der Waals surface area contributed by atoms with Crippen LogP contribution in [0, 0.1) is 5.92 Å². The second-order valence-corrected chi connectivity index (χ2v) is 4.65. The molecule has 0 unspecified atom stereocenters. The fraction of sp³-hybridized carbons (Fsp3) is 1.00. The zero-order valence-corrected chi connectivity index (χ0v) is 10.9. The molecule has 0 amide bonds. The Bertz CT molecular complexity index is 158. The van der Waals surface area contributed by atoms with Crippen LogP contribution < -0.4 is 0 Å². The summed E-state index contributed by atoms with van der Waals surface area (Å²) in [6.07, 6.45) is 5.17. The number of morpholine rings is 1. The standard InChI is InChI=1S/C13H27NO2/c1-3-13(6-10-15-2)5-4-7-14-8-11-16-12-9-14/h13H,3-12H2,1-2H3/t13-/m0/s1. The molecule has 96 valence electrons. The Balaban J connectivity index is 2.02. The molecule has 16 heavy (non-hydrogen) atoms. The summed E-state index contributed by atoms with van der Waals surface area (Å²) in [7, 11) is 1.79. The number of hydrogen-bond acceptors (Lipinski definition) is 3. The van der Waals surface area contributed by atoms with Gasteiger partial charge >= 0.3 is 0 Å². The largest absolute Gasteiger partial charge is 0.385 e. The van der Waals surface area contributed by atoms with E-state index in [1.165, 1.54) is 32.2 Å². The fourth-order valence-corrected chi connectivity index (χ4v) is 2.27. The summed E-state index contributed by atoms with van der Waals surface area (Å²) >= 11 is 0. The van der Waals surface area contributed by atoms with Gasteiger partial charge in [0.15, 0.2) is 0 Å². The van der Waals surface area contributed by atoms with Crippen molar-refractivity contribution >= 4 is 0 Å². The molecule has 0 spiro atoms. The highest BCUT2D eigenvalue weighted by atomic mass is 16.5. The monoisotopic (exact) mass is 229 g/mol. The highest BCUT2D eigenvalue weighted by Gasteiger charge is 2.11. The Labute approximate surface area is 100 Å². The van der Waals surface area contributed by atoms with Crippen LogP contribution in [0.5, 0.6) is 0 Å². The second-order valence-electron chi connectivity index (χ2n) is 4.65. The van der Waals surface area contributed by atoms with Crippen molar-refractivity contribution in [3.8, 4) is 0 Å². The van der Waals surface area contributed by atoms with Crippen LogP contribution in [-0.2, 0) is 9.47 Å². The molecule has 1 atom stereocenters. The lowest BCUT2D eigenvalue weighted by atomic mass is 9.97. The van der Waals surface area contributed by atoms with Crippen molar-refractivity contribution in [2.45, 2.75) is 32.6 Å². The van der Waals surface area contributed by atoms with Crippen LogP contribution in [-0.4, -0.2) is 51.5 Å². The van der Waals surface area contributed by atoms with Gasteiger partial charge in [0, 0.05) is 26.8 Å². The number of ether oxygens (including phenoxy) is 2. The lowest BCUT2D eigenvalue weighted by Crippen LogP contribution is -2.36. The van der Waals surface area contributed by atoms with Gasteiger partial charge in [-0.1, -0.05) is 13.3 Å². The molecule has 1 fully saturated rings. The minimum atomic E-state index is 0.848. The summed E-state index contributed by atoms with van der Waals surface area (Å²) in [6, 6.07) is 0. The predicted molar refractivity (Wildman–Crippen MR) is 66.8 cm³/mol. The molecule has 0 aliphatic carbocycles. The van der Waals surface area contributed by atoms with Gasteiger partial charge in [-0.3, -0.25) is 4.90 Å². The molecule has 0 aromatic heterocycles. The first kappa shape index (κ1) is 13.9. The molecule has 3 heteroatoms. The summed E-state index contributed by atoms with van der Waals surface area (Å²) in [6.45, 7) is 8.52. The van der Waals surface area contributed by atoms with Crippen LogP contribution in [0.2, 0.25) is 0 Å². The van der Waals surface area contributed by atoms with Crippen molar-refractivity contribution < 1.29 is 9.47 Å². The normalized spacial score (nSPS) is 19.9. The van der Waals surface area contributed by atoms with Crippen molar-refractivity contribution in [1.82, 2.24) is 4.90 Å². The maximum absolute atomic E-state index is 5.34. The van der Waals surface area contributed by atoms with Crippen molar-refractivity contribution in [3.63, 3.8) is 0 Å². The molecular formula is C13H27NO2. The van der Waals surface area contributed by atoms with Crippen LogP contribution in [0.4, 0.5) is 0 Å². The predicted octanol–water partition coefficient (Wildman–Crippen LogP) is 2.16. The maximum Gasteiger partial charge on any atom is 0.0594 e. The first-order valence-corrected chi connectivity index (χ1v) is 6.65. The Morgan fingerprint density at radius 3 is 2.62 bits per heavy atom. The van der Waals surface area contributed by atoms with Gasteiger partial charge in [-0.15, -0.1) is 0 Å². The summed E-state index contributed by atoms with van der Waals surface area (Å²) in [4.78, 5) is 2.52. The zero-order valence-electron chi connectivity index (χ0n) is 10.9. The van der Waals surface area contributed by atoms with Gasteiger partial charge in [0.25, 0.3) is 0 Å². The highest BCUT2D eigenvalue weighted by Crippen LogP contribution is 2.15. The summed E-state index contributed by atoms with van der Waals surface area (Å²) in [5.41, 5.74) is 0. The summed E-state index contributed by atoms with van der Waals surface area (Å²) < 4.78 is 10.5. The van der Waals surface area contributed by atoms with Crippen molar-refractivity contribution in [2.24, 2.45) is 5.92 Å². The minimum absolute atomic E-state index is 0.848. The SMILES string of the molecule is CC[C@@H](CCCN1CCOCC1)CCOC. The average molecular weight is 229 g/mol. The molecule has 0 bridgehead atoms. The van der Waals surface area contributed by atoms with Gasteiger partial charge in [0.05, 0.1) is 13.2 Å². The fourth-order valence-electron chi connectivity index (χ4n) is 2.27. The molecule has 1 rings (SSSR count). The lowest BCUT2D eigenvalue weighted by Gasteiger charge is -2.27.